The summed E-state index contributed by atoms with van der Waals surface area (Å²) >= 11 is 0. The molecule has 6 heteroatoms. The van der Waals surface area contributed by atoms with E-state index in [-0.39, 0.29) is 48.9 Å². The lowest BCUT2D eigenvalue weighted by Gasteiger charge is -2.46. The summed E-state index contributed by atoms with van der Waals surface area (Å²) in [4.78, 5) is 41.5. The van der Waals surface area contributed by atoms with Gasteiger partial charge in [0, 0.05) is 12.1 Å². The first kappa shape index (κ1) is 19.4. The van der Waals surface area contributed by atoms with Gasteiger partial charge in [-0.2, -0.15) is 0 Å². The highest BCUT2D eigenvalue weighted by Crippen LogP contribution is 2.35. The van der Waals surface area contributed by atoms with Crippen LogP contribution < -0.4 is 5.32 Å². The van der Waals surface area contributed by atoms with Crippen LogP contribution in [0.15, 0.2) is 30.3 Å². The van der Waals surface area contributed by atoms with E-state index in [0.717, 1.165) is 37.7 Å². The molecule has 0 radical (unpaired) electrons. The van der Waals surface area contributed by atoms with Crippen molar-refractivity contribution in [3.05, 3.63) is 35.9 Å². The van der Waals surface area contributed by atoms with Gasteiger partial charge in [0.1, 0.15) is 6.54 Å². The van der Waals surface area contributed by atoms with E-state index in [0.29, 0.717) is 0 Å². The maximum absolute atomic E-state index is 13.1. The molecule has 3 rings (SSSR count). The van der Waals surface area contributed by atoms with E-state index in [2.05, 4.69) is 5.32 Å². The molecule has 1 saturated carbocycles. The molecule has 1 aliphatic carbocycles. The zero-order chi connectivity index (χ0) is 19.4. The normalized spacial score (nSPS) is 23.8. The summed E-state index contributed by atoms with van der Waals surface area (Å²) in [5.41, 5.74) is 0.914. The molecule has 27 heavy (non-hydrogen) atoms. The number of carbonyl (C=O) groups excluding carboxylic acids is 3. The highest BCUT2D eigenvalue weighted by Gasteiger charge is 2.47. The molecule has 1 aliphatic heterocycles. The van der Waals surface area contributed by atoms with Crippen LogP contribution in [0.1, 0.15) is 51.5 Å². The molecule has 2 aliphatic rings. The Hall–Kier alpha value is -2.37. The second-order valence-electron chi connectivity index (χ2n) is 7.66. The van der Waals surface area contributed by atoms with Crippen LogP contribution >= 0.6 is 0 Å². The molecule has 6 nitrogen and oxygen atoms in total. The number of hydrogen-bond donors (Lipinski definition) is 1. The van der Waals surface area contributed by atoms with E-state index < -0.39 is 0 Å². The number of benzene rings is 1. The maximum atomic E-state index is 13.1. The minimum Gasteiger partial charge on any atom is -0.352 e. The second-order valence-corrected chi connectivity index (χ2v) is 7.66. The summed E-state index contributed by atoms with van der Waals surface area (Å²) < 4.78 is 0. The molecule has 3 atom stereocenters. The number of hydrogen-bond acceptors (Lipinski definition) is 3. The Balaban J connectivity index is 1.80. The number of amides is 4. The van der Waals surface area contributed by atoms with E-state index in [9.17, 15) is 14.4 Å². The van der Waals surface area contributed by atoms with Crippen LogP contribution in [0.25, 0.3) is 0 Å². The van der Waals surface area contributed by atoms with Gasteiger partial charge in [0.05, 0.1) is 12.5 Å². The predicted molar refractivity (Wildman–Crippen MR) is 103 cm³/mol. The molecule has 0 spiro atoms. The summed E-state index contributed by atoms with van der Waals surface area (Å²) in [5, 5.41) is 2.93. The van der Waals surface area contributed by atoms with Gasteiger partial charge in [-0.15, -0.1) is 0 Å². The Kier molecular flexibility index (Phi) is 6.14. The number of urea groups is 1. The summed E-state index contributed by atoms with van der Waals surface area (Å²) in [5.74, 6) is -0.445. The molecule has 1 aromatic rings. The number of imide groups is 1. The molecule has 1 N–H and O–H groups in total. The van der Waals surface area contributed by atoms with E-state index in [1.165, 1.54) is 4.90 Å². The van der Waals surface area contributed by atoms with Gasteiger partial charge in [-0.25, -0.2) is 4.79 Å². The second kappa shape index (κ2) is 8.55. The Morgan fingerprint density at radius 1 is 1.19 bits per heavy atom. The predicted octanol–water partition coefficient (Wildman–Crippen LogP) is 2.92. The van der Waals surface area contributed by atoms with Gasteiger partial charge in [0.15, 0.2) is 0 Å². The molecule has 2 fully saturated rings. The third-order valence-electron chi connectivity index (χ3n) is 5.71. The summed E-state index contributed by atoms with van der Waals surface area (Å²) in [6.07, 6.45) is 4.39. The highest BCUT2D eigenvalue weighted by molar-refractivity contribution is 6.00. The molecule has 1 saturated heterocycles. The van der Waals surface area contributed by atoms with Gasteiger partial charge >= 0.3 is 6.03 Å². The number of fused-ring (bicyclic) bond motifs is 1. The van der Waals surface area contributed by atoms with Crippen LogP contribution in [0.2, 0.25) is 0 Å². The van der Waals surface area contributed by atoms with E-state index in [4.69, 9.17) is 0 Å². The lowest BCUT2D eigenvalue weighted by atomic mass is 9.81. The molecule has 3 unspecified atom stereocenters. The van der Waals surface area contributed by atoms with Crippen molar-refractivity contribution in [2.75, 3.05) is 6.54 Å². The lowest BCUT2D eigenvalue weighted by molar-refractivity contribution is -0.142. The van der Waals surface area contributed by atoms with Gasteiger partial charge in [0.2, 0.25) is 11.8 Å². The van der Waals surface area contributed by atoms with E-state index in [1.54, 1.807) is 4.90 Å². The topological polar surface area (TPSA) is 69.7 Å². The van der Waals surface area contributed by atoms with Crippen LogP contribution in [-0.4, -0.2) is 46.3 Å². The fraction of sp³-hybridized carbons (Fsp3) is 0.571. The van der Waals surface area contributed by atoms with Crippen molar-refractivity contribution in [2.45, 2.75) is 64.6 Å². The molecule has 1 aromatic carbocycles. The standard InChI is InChI=1S/C21H29N3O3/c1-3-15(2)22-19(25)14-23-18-12-8-7-11-17(18)20(26)24(21(23)27)13-16-9-5-4-6-10-16/h4-6,9-10,15,17-18H,3,7-8,11-14H2,1-2H3,(H,22,25). The average Bonchev–Trinajstić information content (AvgIpc) is 2.69. The SMILES string of the molecule is CCC(C)NC(=O)CN1C(=O)N(Cc2ccccc2)C(=O)C2CCCCC21. The lowest BCUT2D eigenvalue weighted by Crippen LogP contribution is -2.63. The number of rotatable bonds is 6. The van der Waals surface area contributed by atoms with E-state index in [1.807, 2.05) is 44.2 Å². The van der Waals surface area contributed by atoms with Crippen molar-refractivity contribution >= 4 is 17.8 Å². The van der Waals surface area contributed by atoms with Crippen molar-refractivity contribution < 1.29 is 14.4 Å². The fourth-order valence-electron chi connectivity index (χ4n) is 4.04. The van der Waals surface area contributed by atoms with Gasteiger partial charge < -0.3 is 10.2 Å². The van der Waals surface area contributed by atoms with Gasteiger partial charge in [-0.3, -0.25) is 14.5 Å². The van der Waals surface area contributed by atoms with Crippen LogP contribution in [0, 0.1) is 5.92 Å². The van der Waals surface area contributed by atoms with Crippen LogP contribution in [0.3, 0.4) is 0 Å². The Labute approximate surface area is 160 Å². The number of nitrogens with one attached hydrogen (secondary N) is 1. The minimum atomic E-state index is -0.341. The summed E-state index contributed by atoms with van der Waals surface area (Å²) in [6.45, 7) is 4.23. The van der Waals surface area contributed by atoms with Gasteiger partial charge in [0.25, 0.3) is 0 Å². The Morgan fingerprint density at radius 3 is 2.59 bits per heavy atom. The van der Waals surface area contributed by atoms with Crippen molar-refractivity contribution in [1.82, 2.24) is 15.1 Å². The summed E-state index contributed by atoms with van der Waals surface area (Å²) in [7, 11) is 0. The van der Waals surface area contributed by atoms with E-state index >= 15 is 0 Å². The molecule has 146 valence electrons. The quantitative estimate of drug-likeness (QED) is 0.836. The average molecular weight is 371 g/mol. The molecule has 0 bridgehead atoms. The smallest absolute Gasteiger partial charge is 0.327 e. The third-order valence-corrected chi connectivity index (χ3v) is 5.71. The maximum Gasteiger partial charge on any atom is 0.327 e. The largest absolute Gasteiger partial charge is 0.352 e. The van der Waals surface area contributed by atoms with Crippen molar-refractivity contribution in [3.63, 3.8) is 0 Å². The van der Waals surface area contributed by atoms with Crippen molar-refractivity contribution in [1.29, 1.82) is 0 Å². The zero-order valence-electron chi connectivity index (χ0n) is 16.2. The minimum absolute atomic E-state index is 0.0168. The molecule has 0 aromatic heterocycles. The first-order valence-electron chi connectivity index (χ1n) is 9.96. The molecule has 4 amide bonds. The summed E-state index contributed by atoms with van der Waals surface area (Å²) in [6, 6.07) is 9.10. The third kappa shape index (κ3) is 4.31. The molecule has 1 heterocycles. The Morgan fingerprint density at radius 2 is 1.89 bits per heavy atom. The molecular weight excluding hydrogens is 342 g/mol. The number of carbonyl (C=O) groups is 3. The number of nitrogens with zero attached hydrogens (tertiary/aromatic N) is 2. The highest BCUT2D eigenvalue weighted by atomic mass is 16.2. The Bertz CT molecular complexity index is 691. The van der Waals surface area contributed by atoms with Gasteiger partial charge in [-0.05, 0) is 31.7 Å². The zero-order valence-corrected chi connectivity index (χ0v) is 16.2. The van der Waals surface area contributed by atoms with Crippen molar-refractivity contribution in [3.8, 4) is 0 Å². The monoisotopic (exact) mass is 371 g/mol. The van der Waals surface area contributed by atoms with Crippen LogP contribution in [0.5, 0.6) is 0 Å². The first-order chi connectivity index (χ1) is 13.0. The van der Waals surface area contributed by atoms with Gasteiger partial charge in [-0.1, -0.05) is 50.1 Å². The van der Waals surface area contributed by atoms with Crippen LogP contribution in [0.4, 0.5) is 4.79 Å². The van der Waals surface area contributed by atoms with Crippen molar-refractivity contribution in [2.24, 2.45) is 5.92 Å². The van der Waals surface area contributed by atoms with Crippen LogP contribution in [-0.2, 0) is 16.1 Å². The molecular formula is C21H29N3O3. The fourth-order valence-corrected chi connectivity index (χ4v) is 4.04. The first-order valence-corrected chi connectivity index (χ1v) is 9.96.